The number of carbonyl (C=O) groups is 2. The second kappa shape index (κ2) is 11.9. The van der Waals surface area contributed by atoms with Crippen molar-refractivity contribution in [2.75, 3.05) is 4.90 Å². The summed E-state index contributed by atoms with van der Waals surface area (Å²) in [6.07, 6.45) is 0. The highest BCUT2D eigenvalue weighted by molar-refractivity contribution is 6.54. The van der Waals surface area contributed by atoms with Crippen molar-refractivity contribution >= 4 is 45.5 Å². The fourth-order valence-corrected chi connectivity index (χ4v) is 5.58. The standard InChI is InChI=1S/C37H27N5O3/c43-35(40-39-34-30-19-8-10-21-32(30)42(37(34)45)24-26-14-5-2-6-15-26)27-16-11-17-28(22-27)38-33-29-18-7-9-20-31(29)41(36(33)44)23-25-12-3-1-4-13-25/h1-22,45H,23-24H2. The van der Waals surface area contributed by atoms with Gasteiger partial charge in [0.25, 0.3) is 11.8 Å². The maximum Gasteiger partial charge on any atom is 0.295 e. The molecule has 45 heavy (non-hydrogen) atoms. The van der Waals surface area contributed by atoms with Gasteiger partial charge in [0.15, 0.2) is 5.69 Å². The Morgan fingerprint density at radius 1 is 0.711 bits per heavy atom. The minimum Gasteiger partial charge on any atom is -0.493 e. The number of aromatic nitrogens is 1. The number of anilines is 1. The van der Waals surface area contributed by atoms with E-state index in [9.17, 15) is 14.7 Å². The fraction of sp³-hybridized carbons (Fsp3) is 0.0541. The Kier molecular flexibility index (Phi) is 7.29. The third kappa shape index (κ3) is 5.41. The van der Waals surface area contributed by atoms with Crippen molar-refractivity contribution < 1.29 is 14.7 Å². The molecule has 0 unspecified atom stereocenters. The highest BCUT2D eigenvalue weighted by atomic mass is 16.3. The highest BCUT2D eigenvalue weighted by Gasteiger charge is 2.33. The number of aromatic hydroxyl groups is 1. The molecule has 0 spiro atoms. The predicted molar refractivity (Wildman–Crippen MR) is 175 cm³/mol. The van der Waals surface area contributed by atoms with Gasteiger partial charge in [0.1, 0.15) is 5.71 Å². The first-order valence-corrected chi connectivity index (χ1v) is 14.5. The number of hydrogen-bond donors (Lipinski definition) is 1. The zero-order chi connectivity index (χ0) is 30.8. The van der Waals surface area contributed by atoms with E-state index in [4.69, 9.17) is 0 Å². The molecule has 0 radical (unpaired) electrons. The fourth-order valence-electron chi connectivity index (χ4n) is 5.58. The third-order valence-electron chi connectivity index (χ3n) is 7.76. The Bertz CT molecular complexity index is 2120. The molecule has 1 aliphatic rings. The van der Waals surface area contributed by atoms with Gasteiger partial charge in [0.05, 0.1) is 30.0 Å². The van der Waals surface area contributed by atoms with Crippen molar-refractivity contribution in [1.29, 1.82) is 0 Å². The molecule has 0 fully saturated rings. The molecular formula is C37H27N5O3. The van der Waals surface area contributed by atoms with Gasteiger partial charge in [0, 0.05) is 16.5 Å². The Labute approximate surface area is 259 Å². The minimum atomic E-state index is -0.597. The van der Waals surface area contributed by atoms with E-state index in [1.807, 2.05) is 109 Å². The zero-order valence-corrected chi connectivity index (χ0v) is 24.1. The van der Waals surface area contributed by atoms with Gasteiger partial charge in [-0.2, -0.15) is 0 Å². The molecule has 1 aliphatic heterocycles. The molecule has 1 N–H and O–H groups in total. The van der Waals surface area contributed by atoms with Crippen LogP contribution < -0.4 is 4.90 Å². The summed E-state index contributed by atoms with van der Waals surface area (Å²) >= 11 is 0. The predicted octanol–water partition coefficient (Wildman–Crippen LogP) is 7.99. The van der Waals surface area contributed by atoms with Gasteiger partial charge < -0.3 is 14.6 Å². The molecule has 8 heteroatoms. The van der Waals surface area contributed by atoms with Crippen molar-refractivity contribution in [2.45, 2.75) is 13.1 Å². The monoisotopic (exact) mass is 589 g/mol. The van der Waals surface area contributed by atoms with Gasteiger partial charge in [-0.15, -0.1) is 10.2 Å². The number of fused-ring (bicyclic) bond motifs is 2. The van der Waals surface area contributed by atoms with Crippen LogP contribution in [0.4, 0.5) is 17.1 Å². The lowest BCUT2D eigenvalue weighted by molar-refractivity contribution is -0.112. The van der Waals surface area contributed by atoms with Crippen molar-refractivity contribution in [2.24, 2.45) is 15.2 Å². The van der Waals surface area contributed by atoms with Crippen LogP contribution >= 0.6 is 0 Å². The van der Waals surface area contributed by atoms with Crippen molar-refractivity contribution in [3.8, 4) is 5.88 Å². The lowest BCUT2D eigenvalue weighted by Gasteiger charge is -2.16. The van der Waals surface area contributed by atoms with Crippen molar-refractivity contribution in [1.82, 2.24) is 4.57 Å². The molecule has 0 aliphatic carbocycles. The van der Waals surface area contributed by atoms with Crippen LogP contribution in [-0.2, 0) is 17.9 Å². The summed E-state index contributed by atoms with van der Waals surface area (Å²) in [7, 11) is 0. The van der Waals surface area contributed by atoms with E-state index in [2.05, 4.69) is 15.2 Å². The van der Waals surface area contributed by atoms with Gasteiger partial charge in [-0.25, -0.2) is 4.99 Å². The molecule has 0 bridgehead atoms. The van der Waals surface area contributed by atoms with E-state index >= 15 is 0 Å². The van der Waals surface area contributed by atoms with Crippen LogP contribution in [0.3, 0.4) is 0 Å². The van der Waals surface area contributed by atoms with Gasteiger partial charge in [-0.3, -0.25) is 9.59 Å². The first-order valence-electron chi connectivity index (χ1n) is 14.5. The van der Waals surface area contributed by atoms with Crippen LogP contribution in [0.15, 0.2) is 149 Å². The number of nitrogens with zero attached hydrogens (tertiary/aromatic N) is 5. The van der Waals surface area contributed by atoms with Gasteiger partial charge in [-0.05, 0) is 41.5 Å². The van der Waals surface area contributed by atoms with Gasteiger partial charge in [-0.1, -0.05) is 103 Å². The number of para-hydroxylation sites is 2. The quantitative estimate of drug-likeness (QED) is 0.191. The molecule has 2 amide bonds. The maximum atomic E-state index is 13.6. The number of rotatable bonds is 7. The maximum absolute atomic E-state index is 13.6. The summed E-state index contributed by atoms with van der Waals surface area (Å²) in [5.41, 5.74) is 5.55. The van der Waals surface area contributed by atoms with E-state index in [-0.39, 0.29) is 23.0 Å². The average Bonchev–Trinajstić information content (AvgIpc) is 3.50. The van der Waals surface area contributed by atoms with Crippen LogP contribution in [0.5, 0.6) is 5.88 Å². The number of amides is 2. The highest BCUT2D eigenvalue weighted by Crippen LogP contribution is 2.39. The van der Waals surface area contributed by atoms with Crippen LogP contribution in [-0.4, -0.2) is 27.2 Å². The lowest BCUT2D eigenvalue weighted by atomic mass is 10.1. The molecule has 8 nitrogen and oxygen atoms in total. The van der Waals surface area contributed by atoms with E-state index in [0.29, 0.717) is 29.9 Å². The largest absolute Gasteiger partial charge is 0.493 e. The number of azo groups is 1. The second-order valence-electron chi connectivity index (χ2n) is 10.7. The first-order chi connectivity index (χ1) is 22.1. The zero-order valence-electron chi connectivity index (χ0n) is 24.1. The van der Waals surface area contributed by atoms with Gasteiger partial charge >= 0.3 is 0 Å². The Hall–Kier alpha value is -6.15. The molecule has 7 rings (SSSR count). The van der Waals surface area contributed by atoms with Crippen molar-refractivity contribution in [3.63, 3.8) is 0 Å². The van der Waals surface area contributed by atoms with Crippen molar-refractivity contribution in [3.05, 3.63) is 156 Å². The molecule has 0 saturated heterocycles. The summed E-state index contributed by atoms with van der Waals surface area (Å²) in [6, 6.07) is 41.2. The number of aliphatic imine (C=N–C) groups is 1. The molecule has 1 aromatic heterocycles. The molecule has 218 valence electrons. The summed E-state index contributed by atoms with van der Waals surface area (Å²) in [4.78, 5) is 33.2. The summed E-state index contributed by atoms with van der Waals surface area (Å²) in [5, 5.41) is 20.0. The molecular weight excluding hydrogens is 562 g/mol. The Balaban J connectivity index is 1.17. The number of hydrogen-bond acceptors (Lipinski definition) is 5. The van der Waals surface area contributed by atoms with Gasteiger partial charge in [0.2, 0.25) is 5.88 Å². The average molecular weight is 590 g/mol. The summed E-state index contributed by atoms with van der Waals surface area (Å²) in [5.74, 6) is -0.880. The van der Waals surface area contributed by atoms with E-state index < -0.39 is 5.91 Å². The molecule has 0 atom stereocenters. The van der Waals surface area contributed by atoms with Crippen LogP contribution in [0.1, 0.15) is 27.0 Å². The smallest absolute Gasteiger partial charge is 0.295 e. The normalized spacial score (nSPS) is 13.6. The SMILES string of the molecule is O=C(N=Nc1c(O)n(Cc2ccccc2)c2ccccc12)c1cccc(N=C2C(=O)N(Cc3ccccc3)c3ccccc32)c1. The summed E-state index contributed by atoms with van der Waals surface area (Å²) in [6.45, 7) is 0.854. The van der Waals surface area contributed by atoms with E-state index in [1.54, 1.807) is 33.7 Å². The van der Waals surface area contributed by atoms with E-state index in [1.165, 1.54) is 0 Å². The second-order valence-corrected chi connectivity index (χ2v) is 10.7. The molecule has 0 saturated carbocycles. The number of benzene rings is 5. The lowest BCUT2D eigenvalue weighted by Crippen LogP contribution is -2.29. The third-order valence-corrected chi connectivity index (χ3v) is 7.76. The molecule has 2 heterocycles. The molecule has 5 aromatic carbocycles. The Morgan fingerprint density at radius 3 is 2.16 bits per heavy atom. The first kappa shape index (κ1) is 27.7. The van der Waals surface area contributed by atoms with E-state index in [0.717, 1.165) is 27.9 Å². The Morgan fingerprint density at radius 2 is 1.38 bits per heavy atom. The summed E-state index contributed by atoms with van der Waals surface area (Å²) < 4.78 is 1.75. The number of carbonyl (C=O) groups excluding carboxylic acids is 2. The van der Waals surface area contributed by atoms with Crippen LogP contribution in [0.2, 0.25) is 0 Å². The minimum absolute atomic E-state index is 0.0739. The van der Waals surface area contributed by atoms with Crippen LogP contribution in [0, 0.1) is 0 Å². The molecule has 6 aromatic rings. The topological polar surface area (TPSA) is 99.6 Å². The van der Waals surface area contributed by atoms with Crippen LogP contribution in [0.25, 0.3) is 10.9 Å².